The van der Waals surface area contributed by atoms with Crippen LogP contribution < -0.4 is 15.4 Å². The van der Waals surface area contributed by atoms with Crippen LogP contribution in [0.5, 0.6) is 5.75 Å². The van der Waals surface area contributed by atoms with Gasteiger partial charge >= 0.3 is 0 Å². The molecule has 2 aliphatic heterocycles. The first-order chi connectivity index (χ1) is 9.93. The van der Waals surface area contributed by atoms with Crippen LogP contribution in [0.2, 0.25) is 0 Å². The van der Waals surface area contributed by atoms with E-state index >= 15 is 0 Å². The highest BCUT2D eigenvalue weighted by Gasteiger charge is 2.29. The van der Waals surface area contributed by atoms with Gasteiger partial charge in [0.05, 0.1) is 17.2 Å². The number of hydrogen-bond donors (Lipinski definition) is 2. The maximum absolute atomic E-state index is 12.1. The number of ether oxygens (including phenoxy) is 1. The molecule has 2 aliphatic rings. The van der Waals surface area contributed by atoms with Crippen LogP contribution in [0.15, 0.2) is 18.2 Å². The molecule has 1 fully saturated rings. The molecule has 21 heavy (non-hydrogen) atoms. The third kappa shape index (κ3) is 2.99. The van der Waals surface area contributed by atoms with Crippen molar-refractivity contribution < 1.29 is 22.7 Å². The fraction of sp³-hybridized carbons (Fsp3) is 0.385. The number of sulfone groups is 1. The smallest absolute Gasteiger partial charge is 0.262 e. The summed E-state index contributed by atoms with van der Waals surface area (Å²) in [6.45, 7) is -0.0844. The van der Waals surface area contributed by atoms with Crippen molar-refractivity contribution in [2.75, 3.05) is 23.4 Å². The quantitative estimate of drug-likeness (QED) is 0.796. The van der Waals surface area contributed by atoms with E-state index in [4.69, 9.17) is 4.74 Å². The van der Waals surface area contributed by atoms with Crippen LogP contribution in [0, 0.1) is 0 Å². The molecule has 8 heteroatoms. The van der Waals surface area contributed by atoms with Gasteiger partial charge in [0.1, 0.15) is 5.75 Å². The fourth-order valence-corrected chi connectivity index (χ4v) is 4.07. The molecule has 2 N–H and O–H groups in total. The molecule has 0 saturated carbocycles. The molecule has 7 nitrogen and oxygen atoms in total. The molecule has 0 bridgehead atoms. The Morgan fingerprint density at radius 1 is 1.38 bits per heavy atom. The predicted octanol–water partition coefficient (Wildman–Crippen LogP) is -0.0656. The molecule has 3 rings (SSSR count). The average molecular weight is 310 g/mol. The highest BCUT2D eigenvalue weighted by atomic mass is 32.2. The van der Waals surface area contributed by atoms with Gasteiger partial charge < -0.3 is 15.4 Å². The molecule has 1 atom stereocenters. The lowest BCUT2D eigenvalue weighted by molar-refractivity contribution is -0.118. The van der Waals surface area contributed by atoms with Gasteiger partial charge in [0.25, 0.3) is 11.8 Å². The Morgan fingerprint density at radius 3 is 2.90 bits per heavy atom. The highest BCUT2D eigenvalue weighted by Crippen LogP contribution is 2.28. The zero-order valence-electron chi connectivity index (χ0n) is 11.1. The summed E-state index contributed by atoms with van der Waals surface area (Å²) in [4.78, 5) is 23.3. The second kappa shape index (κ2) is 5.03. The summed E-state index contributed by atoms with van der Waals surface area (Å²) in [6, 6.07) is 4.34. The number of rotatable bonds is 2. The van der Waals surface area contributed by atoms with Gasteiger partial charge in [0, 0.05) is 11.6 Å². The number of fused-ring (bicyclic) bond motifs is 1. The van der Waals surface area contributed by atoms with Gasteiger partial charge in [-0.3, -0.25) is 9.59 Å². The van der Waals surface area contributed by atoms with Gasteiger partial charge in [-0.2, -0.15) is 0 Å². The lowest BCUT2D eigenvalue weighted by atomic mass is 10.1. The lowest BCUT2D eigenvalue weighted by Crippen LogP contribution is -2.35. The minimum Gasteiger partial charge on any atom is -0.482 e. The van der Waals surface area contributed by atoms with E-state index in [2.05, 4.69) is 10.6 Å². The molecule has 1 aromatic carbocycles. The van der Waals surface area contributed by atoms with Crippen molar-refractivity contribution in [2.24, 2.45) is 0 Å². The zero-order valence-corrected chi connectivity index (χ0v) is 11.9. The maximum Gasteiger partial charge on any atom is 0.262 e. The topological polar surface area (TPSA) is 102 Å². The largest absolute Gasteiger partial charge is 0.482 e. The van der Waals surface area contributed by atoms with E-state index in [9.17, 15) is 18.0 Å². The van der Waals surface area contributed by atoms with Crippen LogP contribution in [0.25, 0.3) is 0 Å². The van der Waals surface area contributed by atoms with Gasteiger partial charge in [-0.15, -0.1) is 0 Å². The third-order valence-electron chi connectivity index (χ3n) is 3.44. The Labute approximate surface area is 121 Å². The summed E-state index contributed by atoms with van der Waals surface area (Å²) < 4.78 is 28.0. The first kappa shape index (κ1) is 13.9. The fourth-order valence-electron chi connectivity index (χ4n) is 2.39. The van der Waals surface area contributed by atoms with Crippen LogP contribution in [0.4, 0.5) is 5.69 Å². The summed E-state index contributed by atoms with van der Waals surface area (Å²) in [6.07, 6.45) is 0.436. The number of benzene rings is 1. The second-order valence-corrected chi connectivity index (χ2v) is 7.35. The van der Waals surface area contributed by atoms with Crippen LogP contribution in [-0.4, -0.2) is 44.4 Å². The van der Waals surface area contributed by atoms with E-state index in [-0.39, 0.29) is 36.0 Å². The average Bonchev–Trinajstić information content (AvgIpc) is 2.77. The summed E-state index contributed by atoms with van der Waals surface area (Å²) in [5, 5.41) is 5.34. The molecule has 0 aromatic heterocycles. The van der Waals surface area contributed by atoms with E-state index in [0.717, 1.165) is 0 Å². The summed E-state index contributed by atoms with van der Waals surface area (Å²) in [5.74, 6) is -0.0643. The molecule has 1 aromatic rings. The SMILES string of the molecule is O=C1COc2cc(C(=O)N[C@H]3CCS(=O)(=O)C3)ccc2N1. The van der Waals surface area contributed by atoms with Crippen molar-refractivity contribution in [3.8, 4) is 5.75 Å². The monoisotopic (exact) mass is 310 g/mol. The predicted molar refractivity (Wildman–Crippen MR) is 75.1 cm³/mol. The number of anilines is 1. The van der Waals surface area contributed by atoms with Crippen molar-refractivity contribution in [3.63, 3.8) is 0 Å². The molecule has 2 heterocycles. The van der Waals surface area contributed by atoms with Crippen LogP contribution >= 0.6 is 0 Å². The van der Waals surface area contributed by atoms with Crippen molar-refractivity contribution in [1.82, 2.24) is 5.32 Å². The molecule has 0 radical (unpaired) electrons. The summed E-state index contributed by atoms with van der Waals surface area (Å²) in [5.41, 5.74) is 0.889. The number of carbonyl (C=O) groups excluding carboxylic acids is 2. The van der Waals surface area contributed by atoms with E-state index in [1.54, 1.807) is 12.1 Å². The maximum atomic E-state index is 12.1. The Hall–Kier alpha value is -2.09. The number of carbonyl (C=O) groups is 2. The third-order valence-corrected chi connectivity index (χ3v) is 5.21. The molecule has 112 valence electrons. The van der Waals surface area contributed by atoms with Crippen molar-refractivity contribution in [1.29, 1.82) is 0 Å². The summed E-state index contributed by atoms with van der Waals surface area (Å²) in [7, 11) is -3.03. The van der Waals surface area contributed by atoms with Gasteiger partial charge in [0.15, 0.2) is 16.4 Å². The molecular formula is C13H14N2O5S. The number of nitrogens with one attached hydrogen (secondary N) is 2. The minimum atomic E-state index is -3.03. The van der Waals surface area contributed by atoms with Crippen molar-refractivity contribution >= 4 is 27.3 Å². The standard InChI is InChI=1S/C13H14N2O5S/c16-12-6-20-11-5-8(1-2-10(11)15-12)13(17)14-9-3-4-21(18,19)7-9/h1-2,5,9H,3-4,6-7H2,(H,14,17)(H,15,16)/t9-/m0/s1. The Kier molecular flexibility index (Phi) is 3.32. The lowest BCUT2D eigenvalue weighted by Gasteiger charge is -2.18. The highest BCUT2D eigenvalue weighted by molar-refractivity contribution is 7.91. The molecule has 0 spiro atoms. The Bertz CT molecular complexity index is 713. The molecule has 2 amide bonds. The van der Waals surface area contributed by atoms with Gasteiger partial charge in [-0.1, -0.05) is 0 Å². The normalized spacial score (nSPS) is 22.9. The molecule has 0 aliphatic carbocycles. The molecule has 1 saturated heterocycles. The molecular weight excluding hydrogens is 296 g/mol. The Balaban J connectivity index is 1.72. The zero-order chi connectivity index (χ0) is 15.0. The van der Waals surface area contributed by atoms with Crippen LogP contribution in [-0.2, 0) is 14.6 Å². The first-order valence-corrected chi connectivity index (χ1v) is 8.33. The number of hydrogen-bond acceptors (Lipinski definition) is 5. The van der Waals surface area contributed by atoms with E-state index < -0.39 is 9.84 Å². The van der Waals surface area contributed by atoms with Gasteiger partial charge in [-0.25, -0.2) is 8.42 Å². The minimum absolute atomic E-state index is 0.0176. The van der Waals surface area contributed by atoms with Crippen molar-refractivity contribution in [2.45, 2.75) is 12.5 Å². The summed E-state index contributed by atoms with van der Waals surface area (Å²) >= 11 is 0. The van der Waals surface area contributed by atoms with E-state index in [0.29, 0.717) is 23.4 Å². The first-order valence-electron chi connectivity index (χ1n) is 6.51. The van der Waals surface area contributed by atoms with Crippen molar-refractivity contribution in [3.05, 3.63) is 23.8 Å². The second-order valence-electron chi connectivity index (χ2n) is 5.12. The van der Waals surface area contributed by atoms with Gasteiger partial charge in [0.2, 0.25) is 0 Å². The van der Waals surface area contributed by atoms with Crippen LogP contribution in [0.1, 0.15) is 16.8 Å². The van der Waals surface area contributed by atoms with Crippen LogP contribution in [0.3, 0.4) is 0 Å². The van der Waals surface area contributed by atoms with E-state index in [1.807, 2.05) is 0 Å². The van der Waals surface area contributed by atoms with Gasteiger partial charge in [-0.05, 0) is 24.6 Å². The van der Waals surface area contributed by atoms with E-state index in [1.165, 1.54) is 6.07 Å². The Morgan fingerprint density at radius 2 is 2.19 bits per heavy atom. The number of amides is 2. The molecule has 0 unspecified atom stereocenters.